The maximum absolute atomic E-state index is 13.2. The van der Waals surface area contributed by atoms with Gasteiger partial charge in [0.15, 0.2) is 0 Å². The fraction of sp³-hybridized carbons (Fsp3) is 0.150. The van der Waals surface area contributed by atoms with Gasteiger partial charge in [-0.2, -0.15) is 0 Å². The largest absolute Gasteiger partial charge is 0.497 e. The van der Waals surface area contributed by atoms with E-state index < -0.39 is 5.82 Å². The number of hydrogen-bond donors (Lipinski definition) is 1. The molecule has 0 bridgehead atoms. The molecule has 7 heteroatoms. The number of aryl methyl sites for hydroxylation is 1. The Bertz CT molecular complexity index is 1010. The van der Waals surface area contributed by atoms with E-state index in [4.69, 9.17) is 4.74 Å². The number of carbonyl (C=O) groups is 1. The van der Waals surface area contributed by atoms with Crippen LogP contribution < -0.4 is 15.6 Å². The van der Waals surface area contributed by atoms with Crippen LogP contribution in [0.2, 0.25) is 0 Å². The van der Waals surface area contributed by atoms with Crippen molar-refractivity contribution in [3.05, 3.63) is 76.5 Å². The highest BCUT2D eigenvalue weighted by atomic mass is 19.1. The molecule has 1 aromatic heterocycles. The number of methoxy groups -OCH3 is 1. The smallest absolute Gasteiger partial charge is 0.254 e. The first kappa shape index (κ1) is 18.3. The second-order valence-corrected chi connectivity index (χ2v) is 5.93. The normalized spacial score (nSPS) is 10.5. The fourth-order valence-electron chi connectivity index (χ4n) is 2.61. The van der Waals surface area contributed by atoms with E-state index in [1.807, 2.05) is 0 Å². The van der Waals surface area contributed by atoms with Gasteiger partial charge in [-0.1, -0.05) is 0 Å². The predicted octanol–water partition coefficient (Wildman–Crippen LogP) is 3.01. The van der Waals surface area contributed by atoms with Crippen molar-refractivity contribution in [1.82, 2.24) is 9.55 Å². The number of carbonyl (C=O) groups excluding carboxylic acids is 1. The number of ether oxygens (including phenoxy) is 1. The van der Waals surface area contributed by atoms with E-state index in [-0.39, 0.29) is 18.0 Å². The summed E-state index contributed by atoms with van der Waals surface area (Å²) in [5, 5.41) is 2.73. The summed E-state index contributed by atoms with van der Waals surface area (Å²) < 4.78 is 19.5. The van der Waals surface area contributed by atoms with Crippen LogP contribution in [0, 0.1) is 12.7 Å². The molecule has 0 radical (unpaired) electrons. The van der Waals surface area contributed by atoms with Crippen molar-refractivity contribution in [2.75, 3.05) is 12.4 Å². The van der Waals surface area contributed by atoms with Crippen molar-refractivity contribution in [1.29, 1.82) is 0 Å². The highest BCUT2D eigenvalue weighted by Gasteiger charge is 2.13. The lowest BCUT2D eigenvalue weighted by atomic mass is 10.2. The highest BCUT2D eigenvalue weighted by molar-refractivity contribution is 5.90. The standard InChI is InChI=1S/C20H18FN3O3/c1-13-11-19(26)24(20(22-13)14-3-5-15(21)6-4-14)12-18(25)23-16-7-9-17(27-2)10-8-16/h3-11H,12H2,1-2H3,(H,23,25). The van der Waals surface area contributed by atoms with Gasteiger partial charge < -0.3 is 10.1 Å². The molecule has 1 amide bonds. The van der Waals surface area contributed by atoms with Crippen molar-refractivity contribution in [2.24, 2.45) is 0 Å². The van der Waals surface area contributed by atoms with Gasteiger partial charge in [-0.05, 0) is 55.5 Å². The molecule has 0 aliphatic heterocycles. The SMILES string of the molecule is COc1ccc(NC(=O)Cn2c(-c3ccc(F)cc3)nc(C)cc2=O)cc1. The number of rotatable bonds is 5. The van der Waals surface area contributed by atoms with E-state index in [0.29, 0.717) is 28.5 Å². The van der Waals surface area contributed by atoms with E-state index in [2.05, 4.69) is 10.3 Å². The second-order valence-electron chi connectivity index (χ2n) is 5.93. The Kier molecular flexibility index (Phi) is 5.30. The number of nitrogens with one attached hydrogen (secondary N) is 1. The van der Waals surface area contributed by atoms with Crippen molar-refractivity contribution >= 4 is 11.6 Å². The van der Waals surface area contributed by atoms with Gasteiger partial charge in [-0.25, -0.2) is 9.37 Å². The number of nitrogens with zero attached hydrogens (tertiary/aromatic N) is 2. The first-order valence-electron chi connectivity index (χ1n) is 8.24. The number of anilines is 1. The molecule has 0 fully saturated rings. The van der Waals surface area contributed by atoms with E-state index >= 15 is 0 Å². The maximum atomic E-state index is 13.2. The Morgan fingerprint density at radius 3 is 2.44 bits per heavy atom. The monoisotopic (exact) mass is 367 g/mol. The topological polar surface area (TPSA) is 73.2 Å². The van der Waals surface area contributed by atoms with Crippen LogP contribution >= 0.6 is 0 Å². The molecule has 0 saturated carbocycles. The molecule has 2 aromatic carbocycles. The summed E-state index contributed by atoms with van der Waals surface area (Å²) in [6, 6.07) is 13.8. The van der Waals surface area contributed by atoms with Gasteiger partial charge >= 0.3 is 0 Å². The molecule has 0 spiro atoms. The summed E-state index contributed by atoms with van der Waals surface area (Å²) in [7, 11) is 1.56. The van der Waals surface area contributed by atoms with E-state index in [9.17, 15) is 14.0 Å². The molecule has 0 aliphatic carbocycles. The lowest BCUT2D eigenvalue weighted by Crippen LogP contribution is -2.29. The Morgan fingerprint density at radius 2 is 1.81 bits per heavy atom. The lowest BCUT2D eigenvalue weighted by molar-refractivity contribution is -0.116. The molecular weight excluding hydrogens is 349 g/mol. The van der Waals surface area contributed by atoms with E-state index in [1.54, 1.807) is 38.3 Å². The number of benzene rings is 2. The van der Waals surface area contributed by atoms with Gasteiger partial charge in [-0.15, -0.1) is 0 Å². The highest BCUT2D eigenvalue weighted by Crippen LogP contribution is 2.18. The van der Waals surface area contributed by atoms with Gasteiger partial charge in [-0.3, -0.25) is 14.2 Å². The first-order chi connectivity index (χ1) is 13.0. The quantitative estimate of drug-likeness (QED) is 0.752. The van der Waals surface area contributed by atoms with Crippen LogP contribution in [0.5, 0.6) is 5.75 Å². The van der Waals surface area contributed by atoms with Crippen molar-refractivity contribution in [3.8, 4) is 17.1 Å². The zero-order chi connectivity index (χ0) is 19.4. The molecular formula is C20H18FN3O3. The fourth-order valence-corrected chi connectivity index (χ4v) is 2.61. The lowest BCUT2D eigenvalue weighted by Gasteiger charge is -2.13. The molecule has 138 valence electrons. The molecule has 1 N–H and O–H groups in total. The zero-order valence-electron chi connectivity index (χ0n) is 14.9. The minimum Gasteiger partial charge on any atom is -0.497 e. The third-order valence-electron chi connectivity index (χ3n) is 3.91. The van der Waals surface area contributed by atoms with Crippen LogP contribution in [0.1, 0.15) is 5.69 Å². The van der Waals surface area contributed by atoms with Crippen molar-refractivity contribution in [3.63, 3.8) is 0 Å². The van der Waals surface area contributed by atoms with Crippen LogP contribution in [-0.2, 0) is 11.3 Å². The van der Waals surface area contributed by atoms with Gasteiger partial charge in [0.1, 0.15) is 23.9 Å². The summed E-state index contributed by atoms with van der Waals surface area (Å²) >= 11 is 0. The predicted molar refractivity (Wildman–Crippen MR) is 100 cm³/mol. The van der Waals surface area contributed by atoms with Crippen molar-refractivity contribution < 1.29 is 13.9 Å². The van der Waals surface area contributed by atoms with Crippen LogP contribution in [-0.4, -0.2) is 22.6 Å². The molecule has 0 aliphatic rings. The molecule has 1 heterocycles. The zero-order valence-corrected chi connectivity index (χ0v) is 14.9. The number of halogens is 1. The summed E-state index contributed by atoms with van der Waals surface area (Å²) in [5.74, 6) is 0.212. The Balaban J connectivity index is 1.88. The van der Waals surface area contributed by atoms with Crippen LogP contribution in [0.4, 0.5) is 10.1 Å². The van der Waals surface area contributed by atoms with Crippen molar-refractivity contribution in [2.45, 2.75) is 13.5 Å². The van der Waals surface area contributed by atoms with Crippen LogP contribution in [0.3, 0.4) is 0 Å². The number of hydrogen-bond acceptors (Lipinski definition) is 4. The third kappa shape index (κ3) is 4.38. The molecule has 27 heavy (non-hydrogen) atoms. The Morgan fingerprint density at radius 1 is 1.15 bits per heavy atom. The Labute approximate surface area is 155 Å². The molecule has 3 aromatic rings. The van der Waals surface area contributed by atoms with E-state index in [1.165, 1.54) is 34.9 Å². The minimum atomic E-state index is -0.391. The van der Waals surface area contributed by atoms with Gasteiger partial charge in [0.05, 0.1) is 7.11 Å². The third-order valence-corrected chi connectivity index (χ3v) is 3.91. The average Bonchev–Trinajstić information content (AvgIpc) is 2.65. The molecule has 0 atom stereocenters. The number of aromatic nitrogens is 2. The maximum Gasteiger partial charge on any atom is 0.254 e. The van der Waals surface area contributed by atoms with Gasteiger partial charge in [0, 0.05) is 23.0 Å². The number of amides is 1. The molecule has 6 nitrogen and oxygen atoms in total. The first-order valence-corrected chi connectivity index (χ1v) is 8.24. The van der Waals surface area contributed by atoms with E-state index in [0.717, 1.165) is 0 Å². The van der Waals surface area contributed by atoms with Gasteiger partial charge in [0.2, 0.25) is 5.91 Å². The summed E-state index contributed by atoms with van der Waals surface area (Å²) in [6.45, 7) is 1.47. The molecule has 3 rings (SSSR count). The Hall–Kier alpha value is -3.48. The van der Waals surface area contributed by atoms with Gasteiger partial charge in [0.25, 0.3) is 5.56 Å². The summed E-state index contributed by atoms with van der Waals surface area (Å²) in [4.78, 5) is 29.2. The second kappa shape index (κ2) is 7.82. The van der Waals surface area contributed by atoms with Crippen LogP contribution in [0.15, 0.2) is 59.4 Å². The minimum absolute atomic E-state index is 0.217. The van der Waals surface area contributed by atoms with Crippen LogP contribution in [0.25, 0.3) is 11.4 Å². The summed E-state index contributed by atoms with van der Waals surface area (Å²) in [6.07, 6.45) is 0. The molecule has 0 unspecified atom stereocenters. The average molecular weight is 367 g/mol. The summed E-state index contributed by atoms with van der Waals surface area (Å²) in [5.41, 5.74) is 1.30. The molecule has 0 saturated heterocycles.